The van der Waals surface area contributed by atoms with Crippen LogP contribution in [-0.4, -0.2) is 27.1 Å². The van der Waals surface area contributed by atoms with Crippen LogP contribution < -0.4 is 5.32 Å². The van der Waals surface area contributed by atoms with Crippen LogP contribution in [0.3, 0.4) is 0 Å². The molecular weight excluding hydrogens is 465 g/mol. The van der Waals surface area contributed by atoms with Gasteiger partial charge in [0.25, 0.3) is 0 Å². The van der Waals surface area contributed by atoms with Crippen molar-refractivity contribution < 1.29 is 9.59 Å². The number of nitrogens with one attached hydrogen (secondary N) is 1. The first-order valence-corrected chi connectivity index (χ1v) is 11.5. The van der Waals surface area contributed by atoms with Crippen molar-refractivity contribution in [3.8, 4) is 0 Å². The zero-order chi connectivity index (χ0) is 22.5. The maximum absolute atomic E-state index is 13.1. The number of nitrogens with zero attached hydrogens (tertiary/aromatic N) is 2. The molecule has 1 heterocycles. The molecule has 5 nitrogen and oxygen atoms in total. The molecule has 1 unspecified atom stereocenters. The quantitative estimate of drug-likeness (QED) is 0.472. The van der Waals surface area contributed by atoms with Gasteiger partial charge in [-0.2, -0.15) is 0 Å². The van der Waals surface area contributed by atoms with Crippen LogP contribution in [0.4, 0.5) is 11.4 Å². The number of halogens is 2. The average Bonchev–Trinajstić information content (AvgIpc) is 2.78. The van der Waals surface area contributed by atoms with Crippen LogP contribution in [0.2, 0.25) is 10.0 Å². The average molecular weight is 484 g/mol. The maximum atomic E-state index is 13.1. The van der Waals surface area contributed by atoms with Gasteiger partial charge in [0.2, 0.25) is 11.8 Å². The number of anilines is 1. The Hall–Kier alpha value is -2.80. The molecule has 1 N–H and O–H groups in total. The fraction of sp³-hybridized carbons (Fsp3) is 0.125. The molecule has 1 aliphatic heterocycles. The number of hydrogen-bond acceptors (Lipinski definition) is 4. The molecule has 162 valence electrons. The van der Waals surface area contributed by atoms with E-state index in [0.29, 0.717) is 33.1 Å². The lowest BCUT2D eigenvalue weighted by Crippen LogP contribution is -2.44. The van der Waals surface area contributed by atoms with Crippen molar-refractivity contribution in [2.45, 2.75) is 18.2 Å². The number of amidine groups is 1. The minimum atomic E-state index is -0.606. The first kappa shape index (κ1) is 22.4. The lowest BCUT2D eigenvalue weighted by Gasteiger charge is -2.32. The molecule has 0 aliphatic carbocycles. The monoisotopic (exact) mass is 483 g/mol. The molecule has 2 amide bonds. The summed E-state index contributed by atoms with van der Waals surface area (Å²) in [5, 5.41) is 3.87. The predicted octanol–water partition coefficient (Wildman–Crippen LogP) is 6.15. The van der Waals surface area contributed by atoms with E-state index >= 15 is 0 Å². The van der Waals surface area contributed by atoms with Gasteiger partial charge in [-0.15, -0.1) is 0 Å². The highest BCUT2D eigenvalue weighted by molar-refractivity contribution is 8.15. The van der Waals surface area contributed by atoms with Crippen LogP contribution in [0, 0.1) is 0 Å². The van der Waals surface area contributed by atoms with Crippen molar-refractivity contribution in [1.29, 1.82) is 0 Å². The van der Waals surface area contributed by atoms with E-state index in [9.17, 15) is 9.59 Å². The smallest absolute Gasteiger partial charge is 0.238 e. The Morgan fingerprint density at radius 2 is 1.75 bits per heavy atom. The molecule has 0 aromatic heterocycles. The molecule has 0 radical (unpaired) electrons. The van der Waals surface area contributed by atoms with E-state index in [1.807, 2.05) is 42.5 Å². The second-order valence-corrected chi connectivity index (χ2v) is 9.19. The van der Waals surface area contributed by atoms with E-state index in [2.05, 4.69) is 10.3 Å². The van der Waals surface area contributed by atoms with Crippen LogP contribution in [0.15, 0.2) is 83.9 Å². The lowest BCUT2D eigenvalue weighted by molar-refractivity contribution is -0.129. The Labute approximate surface area is 200 Å². The molecule has 1 saturated heterocycles. The molecule has 3 aromatic rings. The summed E-state index contributed by atoms with van der Waals surface area (Å²) in [5.74, 6) is -0.433. The third-order valence-corrected chi connectivity index (χ3v) is 6.43. The summed E-state index contributed by atoms with van der Waals surface area (Å²) in [6.07, 6.45) is 0.0679. The second-order valence-electron chi connectivity index (χ2n) is 7.15. The number of benzene rings is 3. The van der Waals surface area contributed by atoms with E-state index in [1.165, 1.54) is 11.8 Å². The maximum Gasteiger partial charge on any atom is 0.238 e. The Morgan fingerprint density at radius 1 is 1.00 bits per heavy atom. The number of rotatable bonds is 5. The third kappa shape index (κ3) is 5.71. The fourth-order valence-electron chi connectivity index (χ4n) is 3.17. The molecule has 0 spiro atoms. The summed E-state index contributed by atoms with van der Waals surface area (Å²) in [5.41, 5.74) is 2.21. The van der Waals surface area contributed by atoms with Gasteiger partial charge in [-0.1, -0.05) is 71.4 Å². The fourth-order valence-corrected chi connectivity index (χ4v) is 4.59. The number of carbonyl (C=O) groups is 2. The summed E-state index contributed by atoms with van der Waals surface area (Å²) >= 11 is 13.3. The Morgan fingerprint density at radius 3 is 2.47 bits per heavy atom. The molecule has 3 aromatic carbocycles. The van der Waals surface area contributed by atoms with E-state index in [-0.39, 0.29) is 18.2 Å². The van der Waals surface area contributed by atoms with E-state index in [1.54, 1.807) is 41.3 Å². The van der Waals surface area contributed by atoms with Crippen molar-refractivity contribution in [1.82, 2.24) is 4.90 Å². The van der Waals surface area contributed by atoms with Crippen LogP contribution in [-0.2, 0) is 16.1 Å². The molecule has 1 fully saturated rings. The van der Waals surface area contributed by atoms with Gasteiger partial charge in [-0.3, -0.25) is 14.5 Å². The number of carbonyl (C=O) groups excluding carboxylic acids is 2. The lowest BCUT2D eigenvalue weighted by atomic mass is 10.2. The van der Waals surface area contributed by atoms with Crippen LogP contribution in [0.5, 0.6) is 0 Å². The van der Waals surface area contributed by atoms with Crippen molar-refractivity contribution in [3.05, 3.63) is 94.5 Å². The van der Waals surface area contributed by atoms with Gasteiger partial charge in [0.1, 0.15) is 5.25 Å². The number of thioether (sulfide) groups is 1. The summed E-state index contributed by atoms with van der Waals surface area (Å²) in [7, 11) is 0. The summed E-state index contributed by atoms with van der Waals surface area (Å²) in [6.45, 7) is 0.345. The van der Waals surface area contributed by atoms with E-state index in [0.717, 1.165) is 5.56 Å². The van der Waals surface area contributed by atoms with Crippen molar-refractivity contribution in [3.63, 3.8) is 0 Å². The van der Waals surface area contributed by atoms with E-state index in [4.69, 9.17) is 23.2 Å². The highest BCUT2D eigenvalue weighted by atomic mass is 35.5. The first-order chi connectivity index (χ1) is 15.5. The molecule has 1 atom stereocenters. The second kappa shape index (κ2) is 10.2. The summed E-state index contributed by atoms with van der Waals surface area (Å²) in [6, 6.07) is 23.6. The zero-order valence-electron chi connectivity index (χ0n) is 16.9. The zero-order valence-corrected chi connectivity index (χ0v) is 19.2. The largest absolute Gasteiger partial charge is 0.325 e. The molecule has 32 heavy (non-hydrogen) atoms. The SMILES string of the molecule is O=C(Nc1cccc(Cl)c1)C1CC(=O)N(Cc2ccc(Cl)cc2)C(=Nc2ccccc2)S1. The Balaban J connectivity index is 1.58. The van der Waals surface area contributed by atoms with Crippen LogP contribution >= 0.6 is 35.0 Å². The highest BCUT2D eigenvalue weighted by Gasteiger charge is 2.36. The minimum absolute atomic E-state index is 0.0679. The predicted molar refractivity (Wildman–Crippen MR) is 132 cm³/mol. The normalized spacial score (nSPS) is 17.4. The molecule has 8 heteroatoms. The molecule has 0 bridgehead atoms. The topological polar surface area (TPSA) is 61.8 Å². The van der Waals surface area contributed by atoms with Crippen molar-refractivity contribution >= 4 is 63.3 Å². The van der Waals surface area contributed by atoms with Gasteiger partial charge in [0, 0.05) is 22.2 Å². The van der Waals surface area contributed by atoms with Gasteiger partial charge < -0.3 is 5.32 Å². The van der Waals surface area contributed by atoms with Gasteiger partial charge in [0.05, 0.1) is 12.2 Å². The Bertz CT molecular complexity index is 1150. The Kier molecular flexibility index (Phi) is 7.15. The standard InChI is InChI=1S/C24H19Cl2N3O2S/c25-17-11-9-16(10-12-17)15-29-22(30)14-21(23(31)27-20-8-4-5-18(26)13-20)32-24(29)28-19-6-2-1-3-7-19/h1-13,21H,14-15H2,(H,27,31). The summed E-state index contributed by atoms with van der Waals surface area (Å²) < 4.78 is 0. The number of hydrogen-bond donors (Lipinski definition) is 1. The number of amides is 2. The molecule has 4 rings (SSSR count). The molecule has 0 saturated carbocycles. The van der Waals surface area contributed by atoms with Gasteiger partial charge in [-0.25, -0.2) is 4.99 Å². The van der Waals surface area contributed by atoms with Crippen molar-refractivity contribution in [2.24, 2.45) is 4.99 Å². The third-order valence-electron chi connectivity index (χ3n) is 4.76. The van der Waals surface area contributed by atoms with Crippen LogP contribution in [0.25, 0.3) is 0 Å². The number of para-hydroxylation sites is 1. The van der Waals surface area contributed by atoms with Gasteiger partial charge in [0.15, 0.2) is 5.17 Å². The van der Waals surface area contributed by atoms with Crippen LogP contribution in [0.1, 0.15) is 12.0 Å². The van der Waals surface area contributed by atoms with Crippen molar-refractivity contribution in [2.75, 3.05) is 5.32 Å². The van der Waals surface area contributed by atoms with Gasteiger partial charge in [-0.05, 0) is 48.0 Å². The van der Waals surface area contributed by atoms with Gasteiger partial charge >= 0.3 is 0 Å². The minimum Gasteiger partial charge on any atom is -0.325 e. The number of aliphatic imine (C=N–C) groups is 1. The molecule has 1 aliphatic rings. The molecular formula is C24H19Cl2N3O2S. The first-order valence-electron chi connectivity index (χ1n) is 9.89. The highest BCUT2D eigenvalue weighted by Crippen LogP contribution is 2.31. The van der Waals surface area contributed by atoms with E-state index < -0.39 is 5.25 Å². The summed E-state index contributed by atoms with van der Waals surface area (Å²) in [4.78, 5) is 32.3.